The summed E-state index contributed by atoms with van der Waals surface area (Å²) in [6.45, 7) is 0. The highest BCUT2D eigenvalue weighted by molar-refractivity contribution is 5.94. The number of fused-ring (bicyclic) bond motifs is 3. The Bertz CT molecular complexity index is 4820. The third-order valence-corrected chi connectivity index (χ3v) is 15.9. The first-order valence-corrected chi connectivity index (χ1v) is 28.5. The summed E-state index contributed by atoms with van der Waals surface area (Å²) < 4.78 is 4.51. The zero-order chi connectivity index (χ0) is 55.8. The molecular weight excluding hydrogens is 1020 g/mol. The van der Waals surface area contributed by atoms with E-state index in [0.29, 0.717) is 0 Å². The first kappa shape index (κ1) is 49.7. The molecule has 0 atom stereocenters. The second-order valence-corrected chi connectivity index (χ2v) is 21.1. The van der Waals surface area contributed by atoms with E-state index in [4.69, 9.17) is 9.97 Å². The standard InChI is InChI=1S/C78H54N6/c1-5-20-55(21-6-1)59-24-17-31-69(51-59)81(67-45-40-57(41-46-67)77-79-73-34-13-15-36-75(73)83(77)65-27-9-3-10-28-65)71-33-19-26-61(53-71)62-38-39-64-54-72(49-44-63(64)50-62)82(70-32-18-25-60(52-70)56-22-7-2-8-23-56)68-47-42-58(43-48-68)78-80-74-35-14-16-37-76(74)84(78)66-29-11-4-12-30-66/h1-54H. The molecule has 0 saturated carbocycles. The molecule has 0 amide bonds. The van der Waals surface area contributed by atoms with Gasteiger partial charge in [0.2, 0.25) is 0 Å². The number of para-hydroxylation sites is 6. The van der Waals surface area contributed by atoms with Crippen LogP contribution < -0.4 is 9.80 Å². The molecule has 0 aliphatic carbocycles. The van der Waals surface area contributed by atoms with Crippen LogP contribution in [0.5, 0.6) is 0 Å². The lowest BCUT2D eigenvalue weighted by Gasteiger charge is -2.27. The Morgan fingerprint density at radius 2 is 0.536 bits per heavy atom. The summed E-state index contributed by atoms with van der Waals surface area (Å²) in [5.41, 5.74) is 21.5. The van der Waals surface area contributed by atoms with Gasteiger partial charge in [-0.05, 0) is 196 Å². The van der Waals surface area contributed by atoms with Crippen LogP contribution in [0.3, 0.4) is 0 Å². The van der Waals surface area contributed by atoms with Crippen molar-refractivity contribution in [3.8, 4) is 67.5 Å². The fourth-order valence-corrected chi connectivity index (χ4v) is 11.8. The molecule has 15 rings (SSSR count). The van der Waals surface area contributed by atoms with Crippen LogP contribution in [0.15, 0.2) is 328 Å². The van der Waals surface area contributed by atoms with E-state index in [0.717, 1.165) is 123 Å². The highest BCUT2D eigenvalue weighted by atomic mass is 15.2. The van der Waals surface area contributed by atoms with Crippen LogP contribution in [-0.2, 0) is 0 Å². The van der Waals surface area contributed by atoms with Gasteiger partial charge >= 0.3 is 0 Å². The lowest BCUT2D eigenvalue weighted by molar-refractivity contribution is 1.10. The largest absolute Gasteiger partial charge is 0.310 e. The molecule has 15 aromatic rings. The van der Waals surface area contributed by atoms with Gasteiger partial charge in [-0.1, -0.05) is 176 Å². The SMILES string of the molecule is c1ccc(-c2cccc(N(c3ccc(-c4nc5ccccc5n4-c4ccccc4)cc3)c3cccc(-c4ccc5cc(N(c6ccc(-c7nc8ccccc8n7-c7ccccc7)cc6)c6cccc(-c7ccccc7)c6)ccc5c4)c3)c2)cc1. The molecule has 0 bridgehead atoms. The molecule has 0 radical (unpaired) electrons. The van der Waals surface area contributed by atoms with Crippen LogP contribution >= 0.6 is 0 Å². The molecule has 2 aromatic heterocycles. The summed E-state index contributed by atoms with van der Waals surface area (Å²) >= 11 is 0. The zero-order valence-electron chi connectivity index (χ0n) is 45.9. The fourth-order valence-electron chi connectivity index (χ4n) is 11.8. The topological polar surface area (TPSA) is 42.1 Å². The van der Waals surface area contributed by atoms with Crippen molar-refractivity contribution >= 4 is 67.0 Å². The Kier molecular flexibility index (Phi) is 12.8. The Morgan fingerprint density at radius 1 is 0.214 bits per heavy atom. The van der Waals surface area contributed by atoms with Crippen LogP contribution in [0, 0.1) is 0 Å². The van der Waals surface area contributed by atoms with E-state index in [9.17, 15) is 0 Å². The molecule has 0 saturated heterocycles. The van der Waals surface area contributed by atoms with Crippen molar-refractivity contribution in [1.29, 1.82) is 0 Å². The van der Waals surface area contributed by atoms with Gasteiger partial charge < -0.3 is 9.80 Å². The monoisotopic (exact) mass is 1070 g/mol. The first-order valence-electron chi connectivity index (χ1n) is 28.5. The summed E-state index contributed by atoms with van der Waals surface area (Å²) in [5.74, 6) is 1.80. The van der Waals surface area contributed by atoms with Gasteiger partial charge in [0.25, 0.3) is 0 Å². The van der Waals surface area contributed by atoms with Crippen molar-refractivity contribution in [3.63, 3.8) is 0 Å². The molecule has 13 aromatic carbocycles. The quantitative estimate of drug-likeness (QED) is 0.115. The molecule has 0 N–H and O–H groups in total. The van der Waals surface area contributed by atoms with E-state index in [1.165, 1.54) is 11.1 Å². The maximum Gasteiger partial charge on any atom is 0.145 e. The minimum Gasteiger partial charge on any atom is -0.310 e. The molecule has 0 spiro atoms. The minimum absolute atomic E-state index is 0.897. The number of rotatable bonds is 13. The van der Waals surface area contributed by atoms with Gasteiger partial charge in [0.05, 0.1) is 22.1 Å². The average molecular weight is 1080 g/mol. The highest BCUT2D eigenvalue weighted by Gasteiger charge is 2.21. The van der Waals surface area contributed by atoms with E-state index >= 15 is 0 Å². The van der Waals surface area contributed by atoms with Crippen LogP contribution in [0.4, 0.5) is 34.1 Å². The predicted octanol–water partition coefficient (Wildman–Crippen LogP) is 20.8. The smallest absolute Gasteiger partial charge is 0.145 e. The van der Waals surface area contributed by atoms with Crippen LogP contribution in [0.25, 0.3) is 100 Å². The van der Waals surface area contributed by atoms with E-state index in [1.807, 2.05) is 0 Å². The molecule has 0 aliphatic heterocycles. The number of hydrogen-bond acceptors (Lipinski definition) is 4. The Hall–Kier alpha value is -11.3. The van der Waals surface area contributed by atoms with Crippen LogP contribution in [0.1, 0.15) is 0 Å². The van der Waals surface area contributed by atoms with Gasteiger partial charge in [-0.15, -0.1) is 0 Å². The molecule has 396 valence electrons. The first-order chi connectivity index (χ1) is 41.6. The van der Waals surface area contributed by atoms with Crippen LogP contribution in [-0.4, -0.2) is 19.1 Å². The maximum absolute atomic E-state index is 5.19. The van der Waals surface area contributed by atoms with E-state index in [1.54, 1.807) is 0 Å². The molecule has 2 heterocycles. The number of anilines is 6. The predicted molar refractivity (Wildman–Crippen MR) is 350 cm³/mol. The number of aromatic nitrogens is 4. The summed E-state index contributed by atoms with van der Waals surface area (Å²) in [6, 6.07) is 117. The minimum atomic E-state index is 0.897. The fraction of sp³-hybridized carbons (Fsp3) is 0. The molecule has 0 unspecified atom stereocenters. The summed E-state index contributed by atoms with van der Waals surface area (Å²) in [5, 5.41) is 2.30. The molecular formula is C78H54N6. The van der Waals surface area contributed by atoms with Crippen molar-refractivity contribution in [2.75, 3.05) is 9.80 Å². The maximum atomic E-state index is 5.19. The van der Waals surface area contributed by atoms with Gasteiger partial charge in [-0.25, -0.2) is 9.97 Å². The van der Waals surface area contributed by atoms with Crippen molar-refractivity contribution in [2.24, 2.45) is 0 Å². The second-order valence-electron chi connectivity index (χ2n) is 21.1. The third-order valence-electron chi connectivity index (χ3n) is 15.9. The van der Waals surface area contributed by atoms with Gasteiger partial charge in [0.15, 0.2) is 0 Å². The van der Waals surface area contributed by atoms with Gasteiger partial charge in [-0.3, -0.25) is 9.13 Å². The zero-order valence-corrected chi connectivity index (χ0v) is 45.9. The lowest BCUT2D eigenvalue weighted by Crippen LogP contribution is -2.10. The van der Waals surface area contributed by atoms with Gasteiger partial charge in [0, 0.05) is 56.6 Å². The van der Waals surface area contributed by atoms with Gasteiger partial charge in [-0.2, -0.15) is 0 Å². The third kappa shape index (κ3) is 9.43. The molecule has 84 heavy (non-hydrogen) atoms. The van der Waals surface area contributed by atoms with Crippen molar-refractivity contribution in [3.05, 3.63) is 328 Å². The van der Waals surface area contributed by atoms with Gasteiger partial charge in [0.1, 0.15) is 11.6 Å². The summed E-state index contributed by atoms with van der Waals surface area (Å²) in [7, 11) is 0. The number of hydrogen-bond donors (Lipinski definition) is 0. The Labute approximate surface area is 488 Å². The Morgan fingerprint density at radius 3 is 0.988 bits per heavy atom. The molecule has 6 nitrogen and oxygen atoms in total. The van der Waals surface area contributed by atoms with Crippen LogP contribution in [0.2, 0.25) is 0 Å². The average Bonchev–Trinajstić information content (AvgIpc) is 3.40. The van der Waals surface area contributed by atoms with Crippen molar-refractivity contribution < 1.29 is 0 Å². The number of benzene rings is 13. The lowest BCUT2D eigenvalue weighted by atomic mass is 9.99. The van der Waals surface area contributed by atoms with Crippen molar-refractivity contribution in [2.45, 2.75) is 0 Å². The molecule has 6 heteroatoms. The number of imidazole rings is 2. The number of nitrogens with zero attached hydrogens (tertiary/aromatic N) is 6. The van der Waals surface area contributed by atoms with E-state index < -0.39 is 0 Å². The summed E-state index contributed by atoms with van der Waals surface area (Å²) in [6.07, 6.45) is 0. The van der Waals surface area contributed by atoms with Crippen molar-refractivity contribution in [1.82, 2.24) is 19.1 Å². The molecule has 0 fully saturated rings. The van der Waals surface area contributed by atoms with E-state index in [-0.39, 0.29) is 0 Å². The summed E-state index contributed by atoms with van der Waals surface area (Å²) in [4.78, 5) is 15.1. The Balaban J connectivity index is 0.795. The highest BCUT2D eigenvalue weighted by Crippen LogP contribution is 2.43. The second kappa shape index (κ2) is 21.6. The van der Waals surface area contributed by atoms with E-state index in [2.05, 4.69) is 347 Å². The normalized spacial score (nSPS) is 11.3. The molecule has 0 aliphatic rings.